The zero-order valence-electron chi connectivity index (χ0n) is 13.2. The predicted molar refractivity (Wildman–Crippen MR) is 90.3 cm³/mol. The van der Waals surface area contributed by atoms with Crippen molar-refractivity contribution in [3.05, 3.63) is 47.9 Å². The second-order valence-corrected chi connectivity index (χ2v) is 5.16. The summed E-state index contributed by atoms with van der Waals surface area (Å²) in [5.74, 6) is 0.299. The van der Waals surface area contributed by atoms with Gasteiger partial charge in [-0.15, -0.1) is 12.4 Å². The molecule has 3 rings (SSSR count). The van der Waals surface area contributed by atoms with Gasteiger partial charge in [-0.1, -0.05) is 12.1 Å². The second-order valence-electron chi connectivity index (χ2n) is 5.16. The number of anilines is 1. The Morgan fingerprint density at radius 1 is 1.17 bits per heavy atom. The Bertz CT molecular complexity index is 708. The van der Waals surface area contributed by atoms with Crippen molar-refractivity contribution in [1.82, 2.24) is 14.9 Å². The van der Waals surface area contributed by atoms with Gasteiger partial charge in [-0.3, -0.25) is 4.79 Å². The first-order chi connectivity index (χ1) is 11.2. The molecule has 0 N–H and O–H groups in total. The van der Waals surface area contributed by atoms with E-state index >= 15 is 0 Å². The third-order valence-electron chi connectivity index (χ3n) is 3.78. The van der Waals surface area contributed by atoms with Gasteiger partial charge in [0.15, 0.2) is 0 Å². The molecule has 6 nitrogen and oxygen atoms in total. The summed E-state index contributed by atoms with van der Waals surface area (Å²) in [6.07, 6.45) is 1.64. The number of amides is 1. The summed E-state index contributed by atoms with van der Waals surface area (Å²) in [7, 11) is 1.55. The van der Waals surface area contributed by atoms with Crippen LogP contribution in [0.25, 0.3) is 0 Å². The van der Waals surface area contributed by atoms with Crippen LogP contribution in [0.3, 0.4) is 0 Å². The molecule has 1 amide bonds. The Labute approximate surface area is 145 Å². The first-order valence-electron chi connectivity index (χ1n) is 7.35. The van der Waals surface area contributed by atoms with E-state index in [0.29, 0.717) is 38.0 Å². The van der Waals surface area contributed by atoms with Gasteiger partial charge < -0.3 is 14.5 Å². The SMILES string of the molecule is COc1ccnc(N2CCN(C(=O)c3ccccc3F)CC2)n1.Cl. The number of hydrogen-bond acceptors (Lipinski definition) is 5. The molecule has 1 aromatic heterocycles. The molecule has 0 unspecified atom stereocenters. The first-order valence-corrected chi connectivity index (χ1v) is 7.35. The average Bonchev–Trinajstić information content (AvgIpc) is 2.62. The van der Waals surface area contributed by atoms with Crippen molar-refractivity contribution in [2.75, 3.05) is 38.2 Å². The van der Waals surface area contributed by atoms with E-state index in [9.17, 15) is 9.18 Å². The fourth-order valence-corrected chi connectivity index (χ4v) is 2.51. The molecule has 0 bridgehead atoms. The summed E-state index contributed by atoms with van der Waals surface area (Å²) in [5, 5.41) is 0. The van der Waals surface area contributed by atoms with Crippen LogP contribution in [0.1, 0.15) is 10.4 Å². The summed E-state index contributed by atoms with van der Waals surface area (Å²) in [6, 6.07) is 7.73. The van der Waals surface area contributed by atoms with E-state index in [2.05, 4.69) is 9.97 Å². The summed E-state index contributed by atoms with van der Waals surface area (Å²) >= 11 is 0. The molecular weight excluding hydrogens is 335 g/mol. The highest BCUT2D eigenvalue weighted by atomic mass is 35.5. The van der Waals surface area contributed by atoms with Gasteiger partial charge in [-0.25, -0.2) is 9.37 Å². The molecular formula is C16H18ClFN4O2. The highest BCUT2D eigenvalue weighted by Crippen LogP contribution is 2.16. The molecule has 0 spiro atoms. The van der Waals surface area contributed by atoms with Gasteiger partial charge in [0.2, 0.25) is 11.8 Å². The molecule has 1 fully saturated rings. The fourth-order valence-electron chi connectivity index (χ4n) is 2.51. The number of carbonyl (C=O) groups excluding carboxylic acids is 1. The zero-order chi connectivity index (χ0) is 16.2. The molecule has 2 heterocycles. The Kier molecular flexibility index (Phi) is 5.92. The van der Waals surface area contributed by atoms with Crippen molar-refractivity contribution in [3.63, 3.8) is 0 Å². The van der Waals surface area contributed by atoms with Crippen LogP contribution in [0.5, 0.6) is 5.88 Å². The molecule has 0 radical (unpaired) electrons. The van der Waals surface area contributed by atoms with Gasteiger partial charge in [0.1, 0.15) is 5.82 Å². The largest absolute Gasteiger partial charge is 0.481 e. The van der Waals surface area contributed by atoms with Crippen LogP contribution in [-0.4, -0.2) is 54.1 Å². The molecule has 128 valence electrons. The lowest BCUT2D eigenvalue weighted by Crippen LogP contribution is -2.49. The van der Waals surface area contributed by atoms with Crippen LogP contribution in [0.2, 0.25) is 0 Å². The van der Waals surface area contributed by atoms with Gasteiger partial charge >= 0.3 is 0 Å². The minimum Gasteiger partial charge on any atom is -0.481 e. The van der Waals surface area contributed by atoms with E-state index in [-0.39, 0.29) is 23.9 Å². The minimum absolute atomic E-state index is 0. The van der Waals surface area contributed by atoms with Gasteiger partial charge in [0, 0.05) is 38.4 Å². The number of aromatic nitrogens is 2. The quantitative estimate of drug-likeness (QED) is 0.845. The maximum Gasteiger partial charge on any atom is 0.256 e. The van der Waals surface area contributed by atoms with Crippen LogP contribution in [0, 0.1) is 5.82 Å². The average molecular weight is 353 g/mol. The number of carbonyl (C=O) groups is 1. The zero-order valence-corrected chi connectivity index (χ0v) is 14.0. The van der Waals surface area contributed by atoms with Crippen molar-refractivity contribution in [2.45, 2.75) is 0 Å². The normalized spacial score (nSPS) is 14.1. The molecule has 1 saturated heterocycles. The van der Waals surface area contributed by atoms with E-state index in [1.54, 1.807) is 36.4 Å². The number of nitrogens with zero attached hydrogens (tertiary/aromatic N) is 4. The van der Waals surface area contributed by atoms with E-state index in [1.807, 2.05) is 4.90 Å². The highest BCUT2D eigenvalue weighted by Gasteiger charge is 2.25. The Morgan fingerprint density at radius 3 is 2.54 bits per heavy atom. The molecule has 0 aliphatic carbocycles. The van der Waals surface area contributed by atoms with Crippen molar-refractivity contribution in [3.8, 4) is 5.88 Å². The number of methoxy groups -OCH3 is 1. The molecule has 1 aromatic carbocycles. The molecule has 0 atom stereocenters. The third kappa shape index (κ3) is 3.73. The van der Waals surface area contributed by atoms with Gasteiger partial charge in [-0.05, 0) is 12.1 Å². The monoisotopic (exact) mass is 352 g/mol. The summed E-state index contributed by atoms with van der Waals surface area (Å²) in [6.45, 7) is 2.17. The lowest BCUT2D eigenvalue weighted by molar-refractivity contribution is 0.0741. The highest BCUT2D eigenvalue weighted by molar-refractivity contribution is 5.94. The van der Waals surface area contributed by atoms with Crippen molar-refractivity contribution in [1.29, 1.82) is 0 Å². The van der Waals surface area contributed by atoms with E-state index < -0.39 is 5.82 Å². The Balaban J connectivity index is 0.00000208. The fraction of sp³-hybridized carbons (Fsp3) is 0.312. The van der Waals surface area contributed by atoms with E-state index in [1.165, 1.54) is 12.1 Å². The summed E-state index contributed by atoms with van der Waals surface area (Å²) < 4.78 is 18.8. The van der Waals surface area contributed by atoms with Crippen molar-refractivity contribution >= 4 is 24.3 Å². The topological polar surface area (TPSA) is 58.6 Å². The van der Waals surface area contributed by atoms with Gasteiger partial charge in [0.25, 0.3) is 5.91 Å². The van der Waals surface area contributed by atoms with Crippen molar-refractivity contribution < 1.29 is 13.9 Å². The summed E-state index contributed by atoms with van der Waals surface area (Å²) in [4.78, 5) is 24.5. The Hall–Kier alpha value is -2.41. The van der Waals surface area contributed by atoms with E-state index in [0.717, 1.165) is 0 Å². The predicted octanol–water partition coefficient (Wildman–Crippen LogP) is 2.01. The first kappa shape index (κ1) is 17.9. The third-order valence-corrected chi connectivity index (χ3v) is 3.78. The van der Waals surface area contributed by atoms with Crippen LogP contribution >= 0.6 is 12.4 Å². The van der Waals surface area contributed by atoms with Crippen LogP contribution < -0.4 is 9.64 Å². The number of benzene rings is 1. The molecule has 24 heavy (non-hydrogen) atoms. The maximum absolute atomic E-state index is 13.7. The maximum atomic E-state index is 13.7. The number of ether oxygens (including phenoxy) is 1. The minimum atomic E-state index is -0.490. The van der Waals surface area contributed by atoms with Gasteiger partial charge in [0.05, 0.1) is 12.7 Å². The Morgan fingerprint density at radius 2 is 1.88 bits per heavy atom. The lowest BCUT2D eigenvalue weighted by atomic mass is 10.1. The van der Waals surface area contributed by atoms with Crippen molar-refractivity contribution in [2.24, 2.45) is 0 Å². The molecule has 2 aromatic rings. The van der Waals surface area contributed by atoms with Crippen LogP contribution in [0.4, 0.5) is 10.3 Å². The molecule has 0 saturated carbocycles. The molecule has 1 aliphatic rings. The summed E-state index contributed by atoms with van der Waals surface area (Å²) in [5.41, 5.74) is 0.110. The number of hydrogen-bond donors (Lipinski definition) is 0. The smallest absolute Gasteiger partial charge is 0.256 e. The second kappa shape index (κ2) is 7.92. The standard InChI is InChI=1S/C16H17FN4O2.ClH/c1-23-14-6-7-18-16(19-14)21-10-8-20(9-11-21)15(22)12-4-2-3-5-13(12)17;/h2-7H,8-11H2,1H3;1H. The molecule has 8 heteroatoms. The van der Waals surface area contributed by atoms with Crippen LogP contribution in [-0.2, 0) is 0 Å². The van der Waals surface area contributed by atoms with Crippen LogP contribution in [0.15, 0.2) is 36.5 Å². The number of halogens is 2. The number of piperazine rings is 1. The lowest BCUT2D eigenvalue weighted by Gasteiger charge is -2.34. The van der Waals surface area contributed by atoms with E-state index in [4.69, 9.17) is 4.74 Å². The number of rotatable bonds is 3. The molecule has 1 aliphatic heterocycles. The van der Waals surface area contributed by atoms with Gasteiger partial charge in [-0.2, -0.15) is 4.98 Å².